The number of hydrogen-bond donors (Lipinski definition) is 1. The zero-order valence-electron chi connectivity index (χ0n) is 17.4. The third-order valence-corrected chi connectivity index (χ3v) is 5.29. The first-order chi connectivity index (χ1) is 15.9. The number of nitrogens with one attached hydrogen (secondary N) is 1. The summed E-state index contributed by atoms with van der Waals surface area (Å²) in [4.78, 5) is 22.8. The summed E-state index contributed by atoms with van der Waals surface area (Å²) in [5, 5.41) is 22.8. The number of nitro benzene ring substituents is 1. The molecule has 0 aliphatic carbocycles. The van der Waals surface area contributed by atoms with Crippen LogP contribution in [0, 0.1) is 25.0 Å². The molecule has 3 aromatic rings. The average Bonchev–Trinajstić information content (AvgIpc) is 2.82. The van der Waals surface area contributed by atoms with Crippen LogP contribution in [0.5, 0.6) is 11.5 Å². The normalized spacial score (nSPS) is 10.8. The van der Waals surface area contributed by atoms with Gasteiger partial charge in [-0.3, -0.25) is 14.9 Å². The minimum atomic E-state index is -0.635. The van der Waals surface area contributed by atoms with E-state index in [0.717, 1.165) is 9.13 Å². The second-order valence-electron chi connectivity index (χ2n) is 6.74. The van der Waals surface area contributed by atoms with Gasteiger partial charge < -0.3 is 14.8 Å². The lowest BCUT2D eigenvalue weighted by Gasteiger charge is -2.14. The van der Waals surface area contributed by atoms with E-state index in [1.54, 1.807) is 12.1 Å². The highest BCUT2D eigenvalue weighted by Crippen LogP contribution is 2.35. The minimum Gasteiger partial charge on any atom is -0.493 e. The fraction of sp³-hybridized carbons (Fsp3) is 0.0833. The number of anilines is 1. The summed E-state index contributed by atoms with van der Waals surface area (Å²) in [6.07, 6.45) is 1.44. The smallest absolute Gasteiger partial charge is 0.269 e. The Hall–Kier alpha value is -3.91. The quantitative estimate of drug-likeness (QED) is 0.132. The summed E-state index contributed by atoms with van der Waals surface area (Å²) in [5.74, 6) is 0.398. The molecule has 1 amide bonds. The minimum absolute atomic E-state index is 0.0970. The molecule has 1 N–H and O–H groups in total. The summed E-state index contributed by atoms with van der Waals surface area (Å²) < 4.78 is 12.2. The highest BCUT2D eigenvalue weighted by molar-refractivity contribution is 14.1. The molecule has 0 aromatic heterocycles. The monoisotopic (exact) mass is 555 g/mol. The second-order valence-corrected chi connectivity index (χ2v) is 7.90. The van der Waals surface area contributed by atoms with Gasteiger partial charge in [0.2, 0.25) is 0 Å². The molecule has 0 aliphatic heterocycles. The number of hydrogen-bond acceptors (Lipinski definition) is 6. The lowest BCUT2D eigenvalue weighted by Crippen LogP contribution is -2.13. The molecule has 0 atom stereocenters. The van der Waals surface area contributed by atoms with Crippen molar-refractivity contribution >= 4 is 45.9 Å². The largest absolute Gasteiger partial charge is 0.493 e. The molecule has 3 rings (SSSR count). The number of benzene rings is 3. The Bertz CT molecular complexity index is 1240. The first-order valence-corrected chi connectivity index (χ1v) is 10.7. The van der Waals surface area contributed by atoms with Gasteiger partial charge in [-0.05, 0) is 64.1 Å². The summed E-state index contributed by atoms with van der Waals surface area (Å²) in [7, 11) is 1.51. The highest BCUT2D eigenvalue weighted by Gasteiger charge is 2.15. The number of amides is 1. The molecule has 8 nitrogen and oxygen atoms in total. The highest BCUT2D eigenvalue weighted by atomic mass is 127. The van der Waals surface area contributed by atoms with Gasteiger partial charge in [-0.15, -0.1) is 0 Å². The Labute approximate surface area is 203 Å². The number of carbonyl (C=O) groups excluding carboxylic acids is 1. The number of nitriles is 1. The van der Waals surface area contributed by atoms with Crippen LogP contribution < -0.4 is 14.8 Å². The van der Waals surface area contributed by atoms with E-state index in [2.05, 4.69) is 27.9 Å². The predicted molar refractivity (Wildman–Crippen MR) is 132 cm³/mol. The summed E-state index contributed by atoms with van der Waals surface area (Å²) in [5.41, 5.74) is 1.70. The maximum atomic E-state index is 12.5. The Kier molecular flexibility index (Phi) is 7.99. The fourth-order valence-electron chi connectivity index (χ4n) is 2.87. The second kappa shape index (κ2) is 11.1. The van der Waals surface area contributed by atoms with Crippen molar-refractivity contribution in [1.29, 1.82) is 5.26 Å². The van der Waals surface area contributed by atoms with Gasteiger partial charge >= 0.3 is 0 Å². The van der Waals surface area contributed by atoms with Gasteiger partial charge in [0.1, 0.15) is 18.2 Å². The van der Waals surface area contributed by atoms with Crippen molar-refractivity contribution < 1.29 is 19.2 Å². The number of halogens is 1. The molecule has 0 radical (unpaired) electrons. The SMILES string of the molecule is COc1cc(/C=C(/C#N)C(=O)Nc2ccc([N+](=O)[O-])cc2)cc(I)c1OCc1ccccc1. The van der Waals surface area contributed by atoms with E-state index < -0.39 is 10.8 Å². The van der Waals surface area contributed by atoms with Gasteiger partial charge in [0, 0.05) is 17.8 Å². The summed E-state index contributed by atoms with van der Waals surface area (Å²) in [6.45, 7) is 0.365. The molecule has 0 spiro atoms. The topological polar surface area (TPSA) is 114 Å². The van der Waals surface area contributed by atoms with Crippen LogP contribution >= 0.6 is 22.6 Å². The zero-order chi connectivity index (χ0) is 23.8. The first kappa shape index (κ1) is 23.7. The Morgan fingerprint density at radius 3 is 2.48 bits per heavy atom. The van der Waals surface area contributed by atoms with Gasteiger partial charge in [-0.25, -0.2) is 0 Å². The van der Waals surface area contributed by atoms with Crippen LogP contribution in [0.1, 0.15) is 11.1 Å². The van der Waals surface area contributed by atoms with Gasteiger partial charge in [0.25, 0.3) is 11.6 Å². The maximum absolute atomic E-state index is 12.5. The van der Waals surface area contributed by atoms with Crippen molar-refractivity contribution in [2.24, 2.45) is 0 Å². The fourth-order valence-corrected chi connectivity index (χ4v) is 3.65. The van der Waals surface area contributed by atoms with Crippen LogP contribution in [0.2, 0.25) is 0 Å². The van der Waals surface area contributed by atoms with Gasteiger partial charge in [0.05, 0.1) is 15.6 Å². The van der Waals surface area contributed by atoms with E-state index in [1.807, 2.05) is 36.4 Å². The maximum Gasteiger partial charge on any atom is 0.269 e. The standard InChI is InChI=1S/C24H18IN3O5/c1-32-22-13-17(12-21(25)23(22)33-15-16-5-3-2-4-6-16)11-18(14-26)24(29)27-19-7-9-20(10-8-19)28(30)31/h2-13H,15H2,1H3,(H,27,29)/b18-11-. The molecule has 0 fully saturated rings. The number of ether oxygens (including phenoxy) is 2. The van der Waals surface area contributed by atoms with Gasteiger partial charge in [0.15, 0.2) is 11.5 Å². The number of methoxy groups -OCH3 is 1. The van der Waals surface area contributed by atoms with Crippen LogP contribution in [0.25, 0.3) is 6.08 Å². The van der Waals surface area contributed by atoms with E-state index in [4.69, 9.17) is 9.47 Å². The third kappa shape index (κ3) is 6.30. The van der Waals surface area contributed by atoms with Crippen molar-refractivity contribution in [2.45, 2.75) is 6.61 Å². The van der Waals surface area contributed by atoms with Gasteiger partial charge in [-0.1, -0.05) is 30.3 Å². The van der Waals surface area contributed by atoms with Crippen molar-refractivity contribution in [1.82, 2.24) is 0 Å². The number of nitro groups is 1. The Morgan fingerprint density at radius 2 is 1.88 bits per heavy atom. The Morgan fingerprint density at radius 1 is 1.18 bits per heavy atom. The van der Waals surface area contributed by atoms with Crippen molar-refractivity contribution in [3.8, 4) is 17.6 Å². The number of nitrogens with zero attached hydrogens (tertiary/aromatic N) is 2. The zero-order valence-corrected chi connectivity index (χ0v) is 19.6. The molecule has 3 aromatic carbocycles. The van der Waals surface area contributed by atoms with Crippen molar-refractivity contribution in [3.63, 3.8) is 0 Å². The van der Waals surface area contributed by atoms with Crippen molar-refractivity contribution in [3.05, 3.63) is 97.1 Å². The van der Waals surface area contributed by atoms with Crippen LogP contribution in [0.15, 0.2) is 72.3 Å². The average molecular weight is 555 g/mol. The molecule has 0 aliphatic rings. The van der Waals surface area contributed by atoms with Gasteiger partial charge in [-0.2, -0.15) is 5.26 Å². The van der Waals surface area contributed by atoms with Crippen LogP contribution in [0.3, 0.4) is 0 Å². The molecule has 166 valence electrons. The molecule has 0 saturated carbocycles. The molecule has 33 heavy (non-hydrogen) atoms. The molecule has 0 bridgehead atoms. The lowest BCUT2D eigenvalue weighted by molar-refractivity contribution is -0.384. The van der Waals surface area contributed by atoms with Crippen LogP contribution in [-0.4, -0.2) is 17.9 Å². The first-order valence-electron chi connectivity index (χ1n) is 9.63. The third-order valence-electron chi connectivity index (χ3n) is 4.49. The van der Waals surface area contributed by atoms with E-state index >= 15 is 0 Å². The van der Waals surface area contributed by atoms with Crippen LogP contribution in [-0.2, 0) is 11.4 Å². The van der Waals surface area contributed by atoms with E-state index in [0.29, 0.717) is 29.4 Å². The molecule has 9 heteroatoms. The van der Waals surface area contributed by atoms with E-state index in [1.165, 1.54) is 37.5 Å². The summed E-state index contributed by atoms with van der Waals surface area (Å²) in [6, 6.07) is 20.4. The lowest BCUT2D eigenvalue weighted by atomic mass is 10.1. The molecule has 0 saturated heterocycles. The predicted octanol–water partition coefficient (Wildman–Crippen LogP) is 5.33. The molecule has 0 unspecified atom stereocenters. The molecular weight excluding hydrogens is 537 g/mol. The van der Waals surface area contributed by atoms with Crippen LogP contribution in [0.4, 0.5) is 11.4 Å². The number of rotatable bonds is 8. The van der Waals surface area contributed by atoms with Crippen molar-refractivity contribution in [2.75, 3.05) is 12.4 Å². The summed E-state index contributed by atoms with van der Waals surface area (Å²) >= 11 is 2.11. The number of carbonyl (C=O) groups is 1. The Balaban J connectivity index is 1.79. The van der Waals surface area contributed by atoms with E-state index in [-0.39, 0.29) is 11.3 Å². The molecular formula is C24H18IN3O5. The molecule has 0 heterocycles. The van der Waals surface area contributed by atoms with E-state index in [9.17, 15) is 20.2 Å². The number of non-ortho nitro benzene ring substituents is 1.